The molecule has 6 nitrogen and oxygen atoms in total. The molecule has 1 fully saturated rings. The smallest absolute Gasteiger partial charge is 0.175 e. The number of hydrogen-bond donors (Lipinski definition) is 1. The molecule has 166 valence electrons. The first-order valence-electron chi connectivity index (χ1n) is 10.2. The number of rotatable bonds is 8. The van der Waals surface area contributed by atoms with Crippen molar-refractivity contribution < 1.29 is 18.3 Å². The summed E-state index contributed by atoms with van der Waals surface area (Å²) in [6.45, 7) is 5.10. The number of hydrogen-bond acceptors (Lipinski definition) is 6. The van der Waals surface area contributed by atoms with Gasteiger partial charge in [0.15, 0.2) is 9.84 Å². The number of ether oxygens (including phenoxy) is 1. The van der Waals surface area contributed by atoms with E-state index < -0.39 is 9.84 Å². The number of aliphatic hydroxyl groups excluding tert-OH is 1. The van der Waals surface area contributed by atoms with Crippen molar-refractivity contribution >= 4 is 21.4 Å². The van der Waals surface area contributed by atoms with E-state index in [1.54, 1.807) is 36.4 Å². The molecular weight excluding hydrogens is 436 g/mol. The molecule has 31 heavy (non-hydrogen) atoms. The lowest BCUT2D eigenvalue weighted by atomic mass is 9.97. The lowest BCUT2D eigenvalue weighted by molar-refractivity contribution is 0.205. The quantitative estimate of drug-likeness (QED) is 0.647. The predicted octanol–water partition coefficient (Wildman–Crippen LogP) is 3.34. The summed E-state index contributed by atoms with van der Waals surface area (Å²) in [6.07, 6.45) is 1.18. The largest absolute Gasteiger partial charge is 0.493 e. The normalized spacial score (nSPS) is 20.4. The molecule has 1 N–H and O–H groups in total. The fraction of sp³-hybridized carbons (Fsp3) is 0.435. The van der Waals surface area contributed by atoms with E-state index in [4.69, 9.17) is 16.3 Å². The molecule has 1 aliphatic rings. The molecule has 0 saturated carbocycles. The van der Waals surface area contributed by atoms with Crippen molar-refractivity contribution in [1.82, 2.24) is 4.90 Å². The van der Waals surface area contributed by atoms with Crippen LogP contribution in [0, 0.1) is 23.2 Å². The van der Waals surface area contributed by atoms with Crippen LogP contribution in [-0.2, 0) is 9.84 Å². The number of likely N-dealkylation sites (tertiary alicyclic amines) is 1. The fourth-order valence-electron chi connectivity index (χ4n) is 3.99. The zero-order chi connectivity index (χ0) is 22.6. The van der Waals surface area contributed by atoms with E-state index in [-0.39, 0.29) is 17.4 Å². The molecule has 8 heteroatoms. The van der Waals surface area contributed by atoms with Crippen LogP contribution >= 0.6 is 11.6 Å². The number of aliphatic hydroxyl groups is 1. The highest BCUT2D eigenvalue weighted by atomic mass is 35.5. The average Bonchev–Trinajstić information content (AvgIpc) is 3.08. The van der Waals surface area contributed by atoms with Gasteiger partial charge in [0.05, 0.1) is 29.7 Å². The zero-order valence-corrected chi connectivity index (χ0v) is 19.2. The Hall–Kier alpha value is -2.11. The minimum Gasteiger partial charge on any atom is -0.493 e. The van der Waals surface area contributed by atoms with Crippen molar-refractivity contribution in [2.75, 3.05) is 39.1 Å². The van der Waals surface area contributed by atoms with Crippen LogP contribution in [0.3, 0.4) is 0 Å². The molecule has 1 aliphatic heterocycles. The van der Waals surface area contributed by atoms with E-state index >= 15 is 0 Å². The van der Waals surface area contributed by atoms with Gasteiger partial charge in [-0.3, -0.25) is 0 Å². The highest BCUT2D eigenvalue weighted by Gasteiger charge is 2.31. The van der Waals surface area contributed by atoms with Gasteiger partial charge >= 0.3 is 0 Å². The average molecular weight is 463 g/mol. The third kappa shape index (κ3) is 6.20. The van der Waals surface area contributed by atoms with E-state index in [2.05, 4.69) is 17.9 Å². The number of sulfone groups is 1. The number of nitrogens with zero attached hydrogens (tertiary/aromatic N) is 2. The highest BCUT2D eigenvalue weighted by Crippen LogP contribution is 2.28. The molecular formula is C23H27ClN2O4S. The van der Waals surface area contributed by atoms with Crippen LogP contribution in [0.1, 0.15) is 24.0 Å². The van der Waals surface area contributed by atoms with E-state index in [0.29, 0.717) is 41.3 Å². The summed E-state index contributed by atoms with van der Waals surface area (Å²) in [5.74, 6) is 1.27. The maximum atomic E-state index is 11.6. The Kier molecular flexibility index (Phi) is 7.60. The maximum absolute atomic E-state index is 11.6. The summed E-state index contributed by atoms with van der Waals surface area (Å²) >= 11 is 6.13. The fourth-order valence-corrected chi connectivity index (χ4v) is 4.86. The van der Waals surface area contributed by atoms with Gasteiger partial charge in [-0.25, -0.2) is 8.42 Å². The molecule has 2 aromatic carbocycles. The van der Waals surface area contributed by atoms with Crippen LogP contribution in [0.2, 0.25) is 5.02 Å². The number of benzene rings is 2. The van der Waals surface area contributed by atoms with Crippen molar-refractivity contribution in [3.05, 3.63) is 58.6 Å². The van der Waals surface area contributed by atoms with Crippen molar-refractivity contribution in [3.8, 4) is 11.8 Å². The minimum atomic E-state index is -3.22. The Bertz CT molecular complexity index is 1050. The molecule has 0 bridgehead atoms. The minimum absolute atomic E-state index is 0.0239. The van der Waals surface area contributed by atoms with Gasteiger partial charge in [-0.1, -0.05) is 18.5 Å². The van der Waals surface area contributed by atoms with Crippen molar-refractivity contribution in [1.29, 1.82) is 5.26 Å². The van der Waals surface area contributed by atoms with Crippen molar-refractivity contribution in [2.24, 2.45) is 11.8 Å². The Morgan fingerprint density at radius 2 is 1.97 bits per heavy atom. The molecule has 1 saturated heterocycles. The van der Waals surface area contributed by atoms with Crippen molar-refractivity contribution in [2.45, 2.75) is 17.7 Å². The van der Waals surface area contributed by atoms with Gasteiger partial charge in [-0.15, -0.1) is 0 Å². The third-order valence-electron chi connectivity index (χ3n) is 5.78. The molecule has 0 spiro atoms. The standard InChI is InChI=1S/C23H27ClN2O4S/c1-16-11-26(12-19(14-27)18-7-17(10-25)8-21(24)9-18)13-20(16)15-30-22-3-5-23(6-4-22)31(2,28)29/h3-9,16,19-20,27H,11-15H2,1-2H3/t16-,19+,20+/m1/s1. The van der Waals surface area contributed by atoms with Gasteiger partial charge in [0.25, 0.3) is 0 Å². The summed E-state index contributed by atoms with van der Waals surface area (Å²) in [6, 6.07) is 13.8. The zero-order valence-electron chi connectivity index (χ0n) is 17.7. The number of nitriles is 1. The van der Waals surface area contributed by atoms with Crippen LogP contribution in [0.4, 0.5) is 0 Å². The molecule has 0 radical (unpaired) electrons. The van der Waals surface area contributed by atoms with E-state index in [1.807, 2.05) is 6.07 Å². The Balaban J connectivity index is 1.59. The monoisotopic (exact) mass is 462 g/mol. The first-order valence-corrected chi connectivity index (χ1v) is 12.4. The second-order valence-electron chi connectivity index (χ2n) is 8.28. The SMILES string of the molecule is C[C@@H]1CN(C[C@@H](CO)c2cc(Cl)cc(C#N)c2)C[C@H]1COc1ccc(S(C)(=O)=O)cc1. The number of halogens is 1. The molecule has 0 amide bonds. The molecule has 0 aromatic heterocycles. The van der Waals surface area contributed by atoms with Crippen molar-refractivity contribution in [3.63, 3.8) is 0 Å². The van der Waals surface area contributed by atoms with Gasteiger partial charge in [-0.2, -0.15) is 5.26 Å². The lowest BCUT2D eigenvalue weighted by Gasteiger charge is -2.23. The highest BCUT2D eigenvalue weighted by molar-refractivity contribution is 7.90. The van der Waals surface area contributed by atoms with Gasteiger partial charge in [0.1, 0.15) is 5.75 Å². The van der Waals surface area contributed by atoms with Gasteiger partial charge in [0.2, 0.25) is 0 Å². The van der Waals surface area contributed by atoms with Crippen LogP contribution in [0.25, 0.3) is 0 Å². The molecule has 0 unspecified atom stereocenters. The summed E-state index contributed by atoms with van der Waals surface area (Å²) in [4.78, 5) is 2.58. The topological polar surface area (TPSA) is 90.6 Å². The van der Waals surface area contributed by atoms with Gasteiger partial charge < -0.3 is 14.7 Å². The lowest BCUT2D eigenvalue weighted by Crippen LogP contribution is -2.29. The van der Waals surface area contributed by atoms with Gasteiger partial charge in [0, 0.05) is 42.7 Å². The van der Waals surface area contributed by atoms with E-state index in [0.717, 1.165) is 18.7 Å². The van der Waals surface area contributed by atoms with Crippen LogP contribution in [0.15, 0.2) is 47.4 Å². The molecule has 0 aliphatic carbocycles. The summed E-state index contributed by atoms with van der Waals surface area (Å²) < 4.78 is 29.1. The molecule has 1 heterocycles. The van der Waals surface area contributed by atoms with E-state index in [1.165, 1.54) is 6.26 Å². The van der Waals surface area contributed by atoms with E-state index in [9.17, 15) is 18.8 Å². The predicted molar refractivity (Wildman–Crippen MR) is 120 cm³/mol. The molecule has 3 rings (SSSR count). The van der Waals surface area contributed by atoms with Crippen LogP contribution in [0.5, 0.6) is 5.75 Å². The van der Waals surface area contributed by atoms with Gasteiger partial charge in [-0.05, 0) is 53.9 Å². The maximum Gasteiger partial charge on any atom is 0.175 e. The summed E-state index contributed by atoms with van der Waals surface area (Å²) in [5, 5.41) is 19.6. The summed E-state index contributed by atoms with van der Waals surface area (Å²) in [5.41, 5.74) is 1.36. The van der Waals surface area contributed by atoms with Crippen LogP contribution < -0.4 is 4.74 Å². The Labute approximate surface area is 188 Å². The molecule has 2 aromatic rings. The second kappa shape index (κ2) is 10.0. The Morgan fingerprint density at radius 1 is 1.26 bits per heavy atom. The van der Waals surface area contributed by atoms with Crippen LogP contribution in [-0.4, -0.2) is 57.5 Å². The Morgan fingerprint density at radius 3 is 2.58 bits per heavy atom. The summed E-state index contributed by atoms with van der Waals surface area (Å²) in [7, 11) is -3.22. The first-order chi connectivity index (χ1) is 14.7. The third-order valence-corrected chi connectivity index (χ3v) is 7.13. The first kappa shape index (κ1) is 23.6. The molecule has 3 atom stereocenters. The second-order valence-corrected chi connectivity index (χ2v) is 10.7.